The second-order valence-electron chi connectivity index (χ2n) is 6.83. The molecule has 1 atom stereocenters. The number of nitrogens with one attached hydrogen (secondary N) is 1. The van der Waals surface area contributed by atoms with Gasteiger partial charge in [-0.15, -0.1) is 0 Å². The van der Waals surface area contributed by atoms with Crippen molar-refractivity contribution in [2.24, 2.45) is 0 Å². The summed E-state index contributed by atoms with van der Waals surface area (Å²) in [4.78, 5) is 2.51. The highest BCUT2D eigenvalue weighted by atomic mass is 19.4. The fourth-order valence-corrected chi connectivity index (χ4v) is 3.59. The zero-order chi connectivity index (χ0) is 18.6. The Balaban J connectivity index is 1.55. The number of hydrogen-bond donors (Lipinski definition) is 1. The quantitative estimate of drug-likeness (QED) is 0.782. The maximum absolute atomic E-state index is 12.6. The van der Waals surface area contributed by atoms with E-state index in [4.69, 9.17) is 0 Å². The minimum absolute atomic E-state index is 0.616. The normalized spacial score (nSPS) is 18.4. The van der Waals surface area contributed by atoms with Crippen LogP contribution in [0.4, 0.5) is 13.2 Å². The van der Waals surface area contributed by atoms with Gasteiger partial charge in [-0.2, -0.15) is 13.2 Å². The van der Waals surface area contributed by atoms with E-state index in [9.17, 15) is 13.2 Å². The molecule has 0 bridgehead atoms. The van der Waals surface area contributed by atoms with Crippen LogP contribution in [0, 0.1) is 0 Å². The molecule has 5 heteroatoms. The molecule has 1 unspecified atom stereocenters. The van der Waals surface area contributed by atoms with Crippen LogP contribution in [-0.4, -0.2) is 30.6 Å². The second kappa shape index (κ2) is 8.23. The van der Waals surface area contributed by atoms with E-state index in [-0.39, 0.29) is 0 Å². The smallest absolute Gasteiger partial charge is 0.311 e. The van der Waals surface area contributed by atoms with E-state index >= 15 is 0 Å². The molecule has 0 aromatic heterocycles. The highest BCUT2D eigenvalue weighted by Crippen LogP contribution is 2.31. The number of halogens is 3. The Morgan fingerprint density at radius 2 is 1.62 bits per heavy atom. The van der Waals surface area contributed by atoms with E-state index in [0.29, 0.717) is 6.04 Å². The van der Waals surface area contributed by atoms with Crippen LogP contribution >= 0.6 is 0 Å². The lowest BCUT2D eigenvalue weighted by molar-refractivity contribution is -0.137. The molecule has 140 valence electrons. The van der Waals surface area contributed by atoms with Gasteiger partial charge in [0.25, 0.3) is 0 Å². The average molecular weight is 362 g/mol. The largest absolute Gasteiger partial charge is 0.416 e. The summed E-state index contributed by atoms with van der Waals surface area (Å²) in [6.07, 6.45) is -1.75. The first kappa shape index (κ1) is 18.9. The van der Waals surface area contributed by atoms with Crippen molar-refractivity contribution in [3.8, 4) is 11.1 Å². The van der Waals surface area contributed by atoms with Crippen LogP contribution in [0.15, 0.2) is 48.5 Å². The van der Waals surface area contributed by atoms with Gasteiger partial charge in [-0.25, -0.2) is 0 Å². The van der Waals surface area contributed by atoms with E-state index in [1.165, 1.54) is 37.1 Å². The van der Waals surface area contributed by atoms with Gasteiger partial charge in [0, 0.05) is 19.1 Å². The third kappa shape index (κ3) is 4.65. The van der Waals surface area contributed by atoms with E-state index in [1.54, 1.807) is 0 Å². The van der Waals surface area contributed by atoms with Crippen molar-refractivity contribution in [1.82, 2.24) is 10.2 Å². The first-order chi connectivity index (χ1) is 12.5. The number of hydrogen-bond acceptors (Lipinski definition) is 2. The molecule has 1 aliphatic heterocycles. The van der Waals surface area contributed by atoms with Gasteiger partial charge in [0.1, 0.15) is 0 Å². The number of likely N-dealkylation sites (tertiary alicyclic amines) is 1. The predicted octanol–water partition coefficient (Wildman–Crippen LogP) is 4.95. The SMILES string of the molecule is CCN1CCCC1CNCc1ccc(-c2ccc(C(F)(F)F)cc2)cc1. The molecule has 1 saturated heterocycles. The molecule has 0 amide bonds. The molecule has 2 nitrogen and oxygen atoms in total. The van der Waals surface area contributed by atoms with Crippen molar-refractivity contribution < 1.29 is 13.2 Å². The van der Waals surface area contributed by atoms with Gasteiger partial charge in [0.2, 0.25) is 0 Å². The molecule has 1 aliphatic rings. The summed E-state index contributed by atoms with van der Waals surface area (Å²) in [6.45, 7) is 6.31. The average Bonchev–Trinajstić information content (AvgIpc) is 3.09. The van der Waals surface area contributed by atoms with Crippen molar-refractivity contribution in [1.29, 1.82) is 0 Å². The predicted molar refractivity (Wildman–Crippen MR) is 98.9 cm³/mol. The molecule has 1 heterocycles. The van der Waals surface area contributed by atoms with Crippen molar-refractivity contribution in [2.75, 3.05) is 19.6 Å². The molecule has 1 fully saturated rings. The Morgan fingerprint density at radius 3 is 2.19 bits per heavy atom. The van der Waals surface area contributed by atoms with Crippen LogP contribution in [0.2, 0.25) is 0 Å². The Labute approximate surface area is 153 Å². The van der Waals surface area contributed by atoms with Crippen LogP contribution in [0.25, 0.3) is 11.1 Å². The Kier molecular flexibility index (Phi) is 5.99. The van der Waals surface area contributed by atoms with E-state index in [2.05, 4.69) is 17.1 Å². The van der Waals surface area contributed by atoms with Crippen molar-refractivity contribution in [3.05, 3.63) is 59.7 Å². The number of likely N-dealkylation sites (N-methyl/N-ethyl adjacent to an activating group) is 1. The van der Waals surface area contributed by atoms with Crippen LogP contribution in [0.5, 0.6) is 0 Å². The Morgan fingerprint density at radius 1 is 1.00 bits per heavy atom. The van der Waals surface area contributed by atoms with Gasteiger partial charge < -0.3 is 5.32 Å². The molecule has 3 rings (SSSR count). The maximum atomic E-state index is 12.6. The van der Waals surface area contributed by atoms with Gasteiger partial charge in [-0.3, -0.25) is 4.90 Å². The minimum atomic E-state index is -4.29. The third-order valence-corrected chi connectivity index (χ3v) is 5.11. The van der Waals surface area contributed by atoms with E-state index < -0.39 is 11.7 Å². The van der Waals surface area contributed by atoms with E-state index in [1.807, 2.05) is 24.3 Å². The van der Waals surface area contributed by atoms with Crippen molar-refractivity contribution in [2.45, 2.75) is 38.5 Å². The fraction of sp³-hybridized carbons (Fsp3) is 0.429. The molecule has 2 aromatic rings. The van der Waals surface area contributed by atoms with Crippen LogP contribution < -0.4 is 5.32 Å². The lowest BCUT2D eigenvalue weighted by Gasteiger charge is -2.23. The monoisotopic (exact) mass is 362 g/mol. The number of rotatable bonds is 6. The summed E-state index contributed by atoms with van der Waals surface area (Å²) >= 11 is 0. The first-order valence-corrected chi connectivity index (χ1v) is 9.18. The summed E-state index contributed by atoms with van der Waals surface area (Å²) in [5, 5.41) is 3.52. The number of benzene rings is 2. The highest BCUT2D eigenvalue weighted by Gasteiger charge is 2.29. The Hall–Kier alpha value is -1.85. The summed E-state index contributed by atoms with van der Waals surface area (Å²) in [5.74, 6) is 0. The lowest BCUT2D eigenvalue weighted by atomic mass is 10.0. The number of alkyl halides is 3. The first-order valence-electron chi connectivity index (χ1n) is 9.18. The van der Waals surface area contributed by atoms with Crippen LogP contribution in [0.3, 0.4) is 0 Å². The molecule has 0 aliphatic carbocycles. The maximum Gasteiger partial charge on any atom is 0.416 e. The van der Waals surface area contributed by atoms with Crippen LogP contribution in [0.1, 0.15) is 30.9 Å². The van der Waals surface area contributed by atoms with E-state index in [0.717, 1.165) is 42.9 Å². The van der Waals surface area contributed by atoms with Gasteiger partial charge in [0.15, 0.2) is 0 Å². The summed E-state index contributed by atoms with van der Waals surface area (Å²) in [5.41, 5.74) is 2.29. The van der Waals surface area contributed by atoms with Gasteiger partial charge in [-0.1, -0.05) is 43.3 Å². The number of nitrogens with zero attached hydrogens (tertiary/aromatic N) is 1. The summed E-state index contributed by atoms with van der Waals surface area (Å²) < 4.78 is 37.9. The topological polar surface area (TPSA) is 15.3 Å². The third-order valence-electron chi connectivity index (χ3n) is 5.11. The second-order valence-corrected chi connectivity index (χ2v) is 6.83. The minimum Gasteiger partial charge on any atom is -0.311 e. The molecule has 0 saturated carbocycles. The van der Waals surface area contributed by atoms with Gasteiger partial charge in [0.05, 0.1) is 5.56 Å². The molecule has 26 heavy (non-hydrogen) atoms. The lowest BCUT2D eigenvalue weighted by Crippen LogP contribution is -2.37. The zero-order valence-electron chi connectivity index (χ0n) is 15.0. The van der Waals surface area contributed by atoms with Crippen LogP contribution in [-0.2, 0) is 12.7 Å². The summed E-state index contributed by atoms with van der Waals surface area (Å²) in [6, 6.07) is 13.9. The molecular weight excluding hydrogens is 337 g/mol. The molecule has 1 N–H and O–H groups in total. The van der Waals surface area contributed by atoms with Crippen molar-refractivity contribution >= 4 is 0 Å². The highest BCUT2D eigenvalue weighted by molar-refractivity contribution is 5.64. The Bertz CT molecular complexity index is 693. The molecule has 2 aromatic carbocycles. The molecular formula is C21H25F3N2. The van der Waals surface area contributed by atoms with Gasteiger partial charge >= 0.3 is 6.18 Å². The van der Waals surface area contributed by atoms with Crippen molar-refractivity contribution in [3.63, 3.8) is 0 Å². The summed E-state index contributed by atoms with van der Waals surface area (Å²) in [7, 11) is 0. The zero-order valence-corrected chi connectivity index (χ0v) is 15.0. The molecule has 0 radical (unpaired) electrons. The molecule has 0 spiro atoms. The standard InChI is InChI=1S/C21H25F3N2/c1-2-26-13-3-4-20(26)15-25-14-16-5-7-17(8-6-16)18-9-11-19(12-10-18)21(22,23)24/h5-12,20,25H,2-4,13-15H2,1H3. The fourth-order valence-electron chi connectivity index (χ4n) is 3.59. The van der Waals surface area contributed by atoms with Gasteiger partial charge in [-0.05, 0) is 54.8 Å².